The average Bonchev–Trinajstić information content (AvgIpc) is 2.28. The van der Waals surface area contributed by atoms with Crippen molar-refractivity contribution >= 4 is 5.97 Å². The molecule has 0 aliphatic heterocycles. The van der Waals surface area contributed by atoms with E-state index in [9.17, 15) is 4.79 Å². The van der Waals surface area contributed by atoms with E-state index in [2.05, 4.69) is 50.4 Å². The summed E-state index contributed by atoms with van der Waals surface area (Å²) in [7, 11) is 0. The van der Waals surface area contributed by atoms with E-state index in [4.69, 9.17) is 5.11 Å². The fraction of sp³-hybridized carbons (Fsp3) is 0.533. The van der Waals surface area contributed by atoms with Crippen molar-refractivity contribution in [2.45, 2.75) is 39.7 Å². The van der Waals surface area contributed by atoms with Crippen LogP contribution in [0.1, 0.15) is 44.4 Å². The quantitative estimate of drug-likeness (QED) is 0.781. The highest BCUT2D eigenvalue weighted by Crippen LogP contribution is 2.15. The van der Waals surface area contributed by atoms with Gasteiger partial charge in [0, 0.05) is 12.6 Å². The van der Waals surface area contributed by atoms with Crippen LogP contribution in [0.25, 0.3) is 0 Å². The van der Waals surface area contributed by atoms with Crippen molar-refractivity contribution in [3.8, 4) is 0 Å². The molecule has 0 aliphatic carbocycles. The smallest absolute Gasteiger partial charge is 0.304 e. The van der Waals surface area contributed by atoms with E-state index >= 15 is 0 Å². The molecule has 0 saturated carbocycles. The summed E-state index contributed by atoms with van der Waals surface area (Å²) in [5.74, 6) is -0.0936. The van der Waals surface area contributed by atoms with Gasteiger partial charge in [0.2, 0.25) is 0 Å². The third-order valence-corrected chi connectivity index (χ3v) is 2.91. The maximum Gasteiger partial charge on any atom is 0.304 e. The summed E-state index contributed by atoms with van der Waals surface area (Å²) < 4.78 is 0. The highest BCUT2D eigenvalue weighted by Gasteiger charge is 2.06. The molecule has 0 aliphatic rings. The minimum atomic E-state index is -0.762. The van der Waals surface area contributed by atoms with Crippen molar-refractivity contribution in [1.29, 1.82) is 0 Å². The number of rotatable bonds is 7. The van der Waals surface area contributed by atoms with Gasteiger partial charge >= 0.3 is 5.97 Å². The van der Waals surface area contributed by atoms with Crippen molar-refractivity contribution in [1.82, 2.24) is 5.32 Å². The molecule has 3 nitrogen and oxygen atoms in total. The lowest BCUT2D eigenvalue weighted by Crippen LogP contribution is -2.21. The normalized spacial score (nSPS) is 12.7. The third kappa shape index (κ3) is 5.32. The van der Waals surface area contributed by atoms with Gasteiger partial charge in [-0.2, -0.15) is 0 Å². The Balaban J connectivity index is 2.48. The second-order valence-electron chi connectivity index (χ2n) is 5.16. The molecular weight excluding hydrogens is 226 g/mol. The lowest BCUT2D eigenvalue weighted by molar-refractivity contribution is -0.136. The maximum atomic E-state index is 10.4. The third-order valence-electron chi connectivity index (χ3n) is 2.91. The summed E-state index contributed by atoms with van der Waals surface area (Å²) in [5, 5.41) is 11.8. The first-order valence-corrected chi connectivity index (χ1v) is 6.53. The standard InChI is InChI=1S/C15H23NO2/c1-11(2)10-13-4-6-14(7-5-13)12(3)16-9-8-15(17)18/h4-7,11-12,16H,8-10H2,1-3H3,(H,17,18). The number of hydrogen-bond donors (Lipinski definition) is 2. The Morgan fingerprint density at radius 2 is 1.83 bits per heavy atom. The van der Waals surface area contributed by atoms with Gasteiger partial charge in [-0.1, -0.05) is 38.1 Å². The highest BCUT2D eigenvalue weighted by molar-refractivity contribution is 5.66. The lowest BCUT2D eigenvalue weighted by atomic mass is 10.00. The van der Waals surface area contributed by atoms with Crippen LogP contribution in [-0.4, -0.2) is 17.6 Å². The maximum absolute atomic E-state index is 10.4. The van der Waals surface area contributed by atoms with E-state index in [-0.39, 0.29) is 12.5 Å². The number of hydrogen-bond acceptors (Lipinski definition) is 2. The molecule has 0 saturated heterocycles. The molecule has 0 fully saturated rings. The predicted octanol–water partition coefficient (Wildman–Crippen LogP) is 3.01. The second-order valence-corrected chi connectivity index (χ2v) is 5.16. The number of carbonyl (C=O) groups is 1. The molecule has 1 rings (SSSR count). The van der Waals surface area contributed by atoms with E-state index in [1.54, 1.807) is 0 Å². The zero-order valence-electron chi connectivity index (χ0n) is 11.4. The Hall–Kier alpha value is -1.35. The molecule has 18 heavy (non-hydrogen) atoms. The van der Waals surface area contributed by atoms with E-state index < -0.39 is 5.97 Å². The van der Waals surface area contributed by atoms with Crippen LogP contribution in [-0.2, 0) is 11.2 Å². The van der Waals surface area contributed by atoms with Crippen LogP contribution in [0.2, 0.25) is 0 Å². The van der Waals surface area contributed by atoms with Crippen LogP contribution in [0.3, 0.4) is 0 Å². The summed E-state index contributed by atoms with van der Waals surface area (Å²) in [6.07, 6.45) is 1.26. The molecular formula is C15H23NO2. The number of nitrogens with one attached hydrogen (secondary N) is 1. The van der Waals surface area contributed by atoms with Gasteiger partial charge in [0.25, 0.3) is 0 Å². The van der Waals surface area contributed by atoms with Gasteiger partial charge < -0.3 is 10.4 Å². The SMILES string of the molecule is CC(C)Cc1ccc(C(C)NCCC(=O)O)cc1. The minimum Gasteiger partial charge on any atom is -0.481 e. The predicted molar refractivity (Wildman–Crippen MR) is 73.7 cm³/mol. The molecule has 0 heterocycles. The average molecular weight is 249 g/mol. The van der Waals surface area contributed by atoms with Gasteiger partial charge in [-0.25, -0.2) is 0 Å². The lowest BCUT2D eigenvalue weighted by Gasteiger charge is -2.14. The molecule has 1 aromatic rings. The fourth-order valence-electron chi connectivity index (χ4n) is 1.93. The van der Waals surface area contributed by atoms with Crippen LogP contribution in [0, 0.1) is 5.92 Å². The van der Waals surface area contributed by atoms with Gasteiger partial charge in [0.15, 0.2) is 0 Å². The molecule has 3 heteroatoms. The van der Waals surface area contributed by atoms with Gasteiger partial charge in [-0.15, -0.1) is 0 Å². The van der Waals surface area contributed by atoms with Crippen LogP contribution in [0.15, 0.2) is 24.3 Å². The molecule has 1 atom stereocenters. The van der Waals surface area contributed by atoms with Crippen molar-refractivity contribution < 1.29 is 9.90 Å². The Labute approximate surface area is 109 Å². The van der Waals surface area contributed by atoms with Crippen molar-refractivity contribution in [3.05, 3.63) is 35.4 Å². The summed E-state index contributed by atoms with van der Waals surface area (Å²) >= 11 is 0. The van der Waals surface area contributed by atoms with Gasteiger partial charge in [-0.3, -0.25) is 4.79 Å². The highest BCUT2D eigenvalue weighted by atomic mass is 16.4. The minimum absolute atomic E-state index is 0.162. The van der Waals surface area contributed by atoms with Crippen molar-refractivity contribution in [2.75, 3.05) is 6.54 Å². The Kier molecular flexibility index (Phi) is 5.86. The Bertz CT molecular complexity index is 371. The Morgan fingerprint density at radius 1 is 1.22 bits per heavy atom. The van der Waals surface area contributed by atoms with Gasteiger partial charge in [-0.05, 0) is 30.4 Å². The van der Waals surface area contributed by atoms with Crippen molar-refractivity contribution in [3.63, 3.8) is 0 Å². The first-order chi connectivity index (χ1) is 8.49. The molecule has 0 aromatic heterocycles. The first-order valence-electron chi connectivity index (χ1n) is 6.53. The zero-order valence-corrected chi connectivity index (χ0v) is 11.4. The van der Waals surface area contributed by atoms with Crippen LogP contribution in [0.5, 0.6) is 0 Å². The molecule has 0 spiro atoms. The summed E-state index contributed by atoms with van der Waals surface area (Å²) in [6, 6.07) is 8.75. The number of aliphatic carboxylic acids is 1. The monoisotopic (exact) mass is 249 g/mol. The number of carboxylic acids is 1. The van der Waals surface area contributed by atoms with Crippen LogP contribution in [0.4, 0.5) is 0 Å². The molecule has 1 aromatic carbocycles. The van der Waals surface area contributed by atoms with E-state index in [0.29, 0.717) is 12.5 Å². The van der Waals surface area contributed by atoms with E-state index in [1.807, 2.05) is 0 Å². The topological polar surface area (TPSA) is 49.3 Å². The summed E-state index contributed by atoms with van der Waals surface area (Å²) in [5.41, 5.74) is 2.55. The fourth-order valence-corrected chi connectivity index (χ4v) is 1.93. The molecule has 0 bridgehead atoms. The largest absolute Gasteiger partial charge is 0.481 e. The van der Waals surface area contributed by atoms with Crippen LogP contribution >= 0.6 is 0 Å². The van der Waals surface area contributed by atoms with Crippen molar-refractivity contribution in [2.24, 2.45) is 5.92 Å². The summed E-state index contributed by atoms with van der Waals surface area (Å²) in [4.78, 5) is 10.4. The molecule has 1 unspecified atom stereocenters. The number of carboxylic acid groups (broad SMARTS) is 1. The van der Waals surface area contributed by atoms with Crippen LogP contribution < -0.4 is 5.32 Å². The van der Waals surface area contributed by atoms with Gasteiger partial charge in [0.1, 0.15) is 0 Å². The van der Waals surface area contributed by atoms with E-state index in [1.165, 1.54) is 11.1 Å². The number of benzene rings is 1. The molecule has 100 valence electrons. The zero-order chi connectivity index (χ0) is 13.5. The molecule has 0 amide bonds. The van der Waals surface area contributed by atoms with E-state index in [0.717, 1.165) is 6.42 Å². The molecule has 0 radical (unpaired) electrons. The first kappa shape index (κ1) is 14.7. The molecule has 2 N–H and O–H groups in total. The Morgan fingerprint density at radius 3 is 2.33 bits per heavy atom. The summed E-state index contributed by atoms with van der Waals surface area (Å²) in [6.45, 7) is 6.98. The second kappa shape index (κ2) is 7.17. The van der Waals surface area contributed by atoms with Gasteiger partial charge in [0.05, 0.1) is 6.42 Å².